The number of hydrogen-bond acceptors (Lipinski definition) is 4. The number of benzene rings is 2. The molecule has 2 N–H and O–H groups in total. The van der Waals surface area contributed by atoms with E-state index in [0.717, 1.165) is 23.2 Å². The standard InChI is InChI=1S/C21H23Cl2N3O2S/c1-4-6-16-9-15(12-25-26-21(29)24-5-2)11-19(27-3)20(16)28-13-14-7-8-17(22)18(23)10-14/h4,7-12H,1,5-6,13H2,2-3H3,(H2,24,26,29)/b25-12-. The van der Waals surface area contributed by atoms with E-state index in [0.29, 0.717) is 39.7 Å². The van der Waals surface area contributed by atoms with Crippen molar-refractivity contribution in [2.24, 2.45) is 5.10 Å². The van der Waals surface area contributed by atoms with Gasteiger partial charge in [0.1, 0.15) is 6.61 Å². The molecular formula is C21H23Cl2N3O2S. The van der Waals surface area contributed by atoms with E-state index >= 15 is 0 Å². The van der Waals surface area contributed by atoms with Gasteiger partial charge in [0.05, 0.1) is 23.4 Å². The van der Waals surface area contributed by atoms with E-state index in [4.69, 9.17) is 44.9 Å². The third-order valence-electron chi connectivity index (χ3n) is 3.82. The maximum atomic E-state index is 6.09. The molecule has 0 aliphatic carbocycles. The maximum Gasteiger partial charge on any atom is 0.186 e. The summed E-state index contributed by atoms with van der Waals surface area (Å²) >= 11 is 17.2. The summed E-state index contributed by atoms with van der Waals surface area (Å²) in [5, 5.41) is 8.57. The number of thiocarbonyl (C=S) groups is 1. The lowest BCUT2D eigenvalue weighted by Crippen LogP contribution is -2.31. The number of rotatable bonds is 9. The molecule has 8 heteroatoms. The van der Waals surface area contributed by atoms with Crippen LogP contribution in [0, 0.1) is 0 Å². The van der Waals surface area contributed by atoms with Crippen LogP contribution in [0.15, 0.2) is 48.1 Å². The topological polar surface area (TPSA) is 54.9 Å². The van der Waals surface area contributed by atoms with Gasteiger partial charge in [-0.1, -0.05) is 35.3 Å². The number of allylic oxidation sites excluding steroid dienone is 1. The fourth-order valence-electron chi connectivity index (χ4n) is 2.53. The van der Waals surface area contributed by atoms with E-state index in [1.165, 1.54) is 0 Å². The van der Waals surface area contributed by atoms with Gasteiger partial charge in [-0.15, -0.1) is 6.58 Å². The second-order valence-electron chi connectivity index (χ2n) is 5.97. The third-order valence-corrected chi connectivity index (χ3v) is 4.80. The minimum atomic E-state index is 0.323. The van der Waals surface area contributed by atoms with Crippen LogP contribution in [0.4, 0.5) is 0 Å². The highest BCUT2D eigenvalue weighted by Gasteiger charge is 2.13. The highest BCUT2D eigenvalue weighted by molar-refractivity contribution is 7.80. The van der Waals surface area contributed by atoms with Gasteiger partial charge in [-0.25, -0.2) is 0 Å². The lowest BCUT2D eigenvalue weighted by Gasteiger charge is -2.16. The average Bonchev–Trinajstić information content (AvgIpc) is 2.69. The summed E-state index contributed by atoms with van der Waals surface area (Å²) < 4.78 is 11.6. The van der Waals surface area contributed by atoms with Gasteiger partial charge in [0.25, 0.3) is 0 Å². The number of hydrazone groups is 1. The van der Waals surface area contributed by atoms with Gasteiger partial charge in [-0.2, -0.15) is 5.10 Å². The van der Waals surface area contributed by atoms with Gasteiger partial charge >= 0.3 is 0 Å². The molecule has 0 atom stereocenters. The number of ether oxygens (including phenoxy) is 2. The first-order chi connectivity index (χ1) is 14.0. The second-order valence-corrected chi connectivity index (χ2v) is 7.19. The summed E-state index contributed by atoms with van der Waals surface area (Å²) in [6, 6.07) is 9.21. The zero-order chi connectivity index (χ0) is 21.2. The molecule has 0 aromatic heterocycles. The van der Waals surface area contributed by atoms with Gasteiger partial charge in [0.15, 0.2) is 16.6 Å². The zero-order valence-electron chi connectivity index (χ0n) is 16.3. The first-order valence-corrected chi connectivity index (χ1v) is 10.1. The van der Waals surface area contributed by atoms with Crippen molar-refractivity contribution in [1.29, 1.82) is 0 Å². The van der Waals surface area contributed by atoms with Crippen LogP contribution in [-0.4, -0.2) is 25.0 Å². The van der Waals surface area contributed by atoms with E-state index in [-0.39, 0.29) is 0 Å². The van der Waals surface area contributed by atoms with Crippen molar-refractivity contribution in [3.05, 3.63) is 69.7 Å². The van der Waals surface area contributed by atoms with Crippen LogP contribution >= 0.6 is 35.4 Å². The lowest BCUT2D eigenvalue weighted by atomic mass is 10.1. The molecule has 2 rings (SSSR count). The predicted octanol–water partition coefficient (Wildman–Crippen LogP) is 5.13. The summed E-state index contributed by atoms with van der Waals surface area (Å²) in [5.74, 6) is 1.24. The molecule has 2 aromatic carbocycles. The maximum absolute atomic E-state index is 6.09. The molecule has 0 heterocycles. The third kappa shape index (κ3) is 6.92. The largest absolute Gasteiger partial charge is 0.493 e. The Bertz CT molecular complexity index is 904. The lowest BCUT2D eigenvalue weighted by molar-refractivity contribution is 0.282. The smallest absolute Gasteiger partial charge is 0.186 e. The normalized spacial score (nSPS) is 10.6. The molecule has 29 heavy (non-hydrogen) atoms. The van der Waals surface area contributed by atoms with E-state index in [1.807, 2.05) is 25.1 Å². The fourth-order valence-corrected chi connectivity index (χ4v) is 3.05. The fraction of sp³-hybridized carbons (Fsp3) is 0.238. The van der Waals surface area contributed by atoms with Gasteiger partial charge in [-0.05, 0) is 61.0 Å². The molecular weight excluding hydrogens is 429 g/mol. The Balaban J connectivity index is 2.23. The SMILES string of the molecule is C=CCc1cc(/C=N\NC(=S)NCC)cc(OC)c1OCc1ccc(Cl)c(Cl)c1. The Hall–Kier alpha value is -2.28. The Morgan fingerprint density at radius 1 is 1.24 bits per heavy atom. The minimum absolute atomic E-state index is 0.323. The van der Waals surface area contributed by atoms with Gasteiger partial charge in [0, 0.05) is 12.1 Å². The van der Waals surface area contributed by atoms with Crippen molar-refractivity contribution in [2.45, 2.75) is 20.0 Å². The van der Waals surface area contributed by atoms with Gasteiger partial charge < -0.3 is 14.8 Å². The molecule has 0 aliphatic heterocycles. The van der Waals surface area contributed by atoms with Crippen LogP contribution in [0.25, 0.3) is 0 Å². The van der Waals surface area contributed by atoms with E-state index < -0.39 is 0 Å². The molecule has 0 radical (unpaired) electrons. The molecule has 0 aliphatic rings. The van der Waals surface area contributed by atoms with Crippen molar-refractivity contribution >= 4 is 46.7 Å². The molecule has 0 amide bonds. The van der Waals surface area contributed by atoms with Crippen molar-refractivity contribution in [3.63, 3.8) is 0 Å². The average molecular weight is 452 g/mol. The van der Waals surface area contributed by atoms with Gasteiger partial charge in [0.2, 0.25) is 0 Å². The Morgan fingerprint density at radius 3 is 2.69 bits per heavy atom. The monoisotopic (exact) mass is 451 g/mol. The molecule has 0 bridgehead atoms. The summed E-state index contributed by atoms with van der Waals surface area (Å²) in [6.45, 7) is 6.84. The number of halogens is 2. The Labute approximate surface area is 186 Å². The molecule has 0 fully saturated rings. The molecule has 0 saturated carbocycles. The van der Waals surface area contributed by atoms with Crippen LogP contribution in [0.3, 0.4) is 0 Å². The van der Waals surface area contributed by atoms with Gasteiger partial charge in [-0.3, -0.25) is 5.43 Å². The molecule has 0 unspecified atom stereocenters. The minimum Gasteiger partial charge on any atom is -0.493 e. The number of hydrogen-bond donors (Lipinski definition) is 2. The van der Waals surface area contributed by atoms with E-state index in [2.05, 4.69) is 22.4 Å². The van der Waals surface area contributed by atoms with Crippen LogP contribution in [0.5, 0.6) is 11.5 Å². The van der Waals surface area contributed by atoms with Crippen LogP contribution in [-0.2, 0) is 13.0 Å². The number of nitrogens with one attached hydrogen (secondary N) is 2. The highest BCUT2D eigenvalue weighted by Crippen LogP contribution is 2.34. The Morgan fingerprint density at radius 2 is 2.03 bits per heavy atom. The molecule has 154 valence electrons. The predicted molar refractivity (Wildman–Crippen MR) is 125 cm³/mol. The van der Waals surface area contributed by atoms with Crippen LogP contribution < -0.4 is 20.2 Å². The number of methoxy groups -OCH3 is 1. The van der Waals surface area contributed by atoms with Crippen molar-refractivity contribution in [3.8, 4) is 11.5 Å². The highest BCUT2D eigenvalue weighted by atomic mass is 35.5. The molecule has 5 nitrogen and oxygen atoms in total. The van der Waals surface area contributed by atoms with Crippen molar-refractivity contribution < 1.29 is 9.47 Å². The summed E-state index contributed by atoms with van der Waals surface area (Å²) in [6.07, 6.45) is 4.08. The zero-order valence-corrected chi connectivity index (χ0v) is 18.6. The van der Waals surface area contributed by atoms with Crippen LogP contribution in [0.2, 0.25) is 10.0 Å². The number of nitrogens with zero attached hydrogens (tertiary/aromatic N) is 1. The Kier molecular flexibility index (Phi) is 9.25. The van der Waals surface area contributed by atoms with E-state index in [9.17, 15) is 0 Å². The summed E-state index contributed by atoms with van der Waals surface area (Å²) in [4.78, 5) is 0. The quantitative estimate of drug-likeness (QED) is 0.239. The molecule has 0 spiro atoms. The van der Waals surface area contributed by atoms with Crippen molar-refractivity contribution in [2.75, 3.05) is 13.7 Å². The van der Waals surface area contributed by atoms with Crippen LogP contribution in [0.1, 0.15) is 23.6 Å². The van der Waals surface area contributed by atoms with Crippen molar-refractivity contribution in [1.82, 2.24) is 10.7 Å². The molecule has 0 saturated heterocycles. The summed E-state index contributed by atoms with van der Waals surface area (Å²) in [5.41, 5.74) is 5.43. The first kappa shape index (κ1) is 23.0. The summed E-state index contributed by atoms with van der Waals surface area (Å²) in [7, 11) is 1.60. The van der Waals surface area contributed by atoms with E-state index in [1.54, 1.807) is 31.5 Å². The second kappa shape index (κ2) is 11.7. The molecule has 2 aromatic rings. The first-order valence-electron chi connectivity index (χ1n) is 8.93.